The number of carbonyl (C=O) groups is 1. The number of aliphatic carboxylic acids is 1. The number of rotatable bonds is 4. The molecule has 1 N–H and O–H groups in total. The Morgan fingerprint density at radius 2 is 2.00 bits per heavy atom. The molecule has 116 valence electrons. The zero-order chi connectivity index (χ0) is 15.5. The summed E-state index contributed by atoms with van der Waals surface area (Å²) in [5.41, 5.74) is 2.01. The van der Waals surface area contributed by atoms with Crippen LogP contribution in [0, 0.1) is 5.82 Å². The van der Waals surface area contributed by atoms with Crippen LogP contribution in [0.15, 0.2) is 41.1 Å². The Labute approximate surface area is 133 Å². The summed E-state index contributed by atoms with van der Waals surface area (Å²) in [6.45, 7) is 0.745. The average molecular weight is 319 g/mol. The van der Waals surface area contributed by atoms with Gasteiger partial charge in [-0.2, -0.15) is 11.3 Å². The van der Waals surface area contributed by atoms with Crippen molar-refractivity contribution < 1.29 is 14.3 Å². The van der Waals surface area contributed by atoms with Crippen LogP contribution in [0.25, 0.3) is 0 Å². The molecule has 1 aromatic carbocycles. The lowest BCUT2D eigenvalue weighted by molar-refractivity contribution is -0.145. The van der Waals surface area contributed by atoms with Crippen molar-refractivity contribution in [3.8, 4) is 0 Å². The lowest BCUT2D eigenvalue weighted by atomic mass is 9.93. The molecule has 2 unspecified atom stereocenters. The molecular weight excluding hydrogens is 301 g/mol. The van der Waals surface area contributed by atoms with Gasteiger partial charge in [-0.3, -0.25) is 9.69 Å². The van der Waals surface area contributed by atoms with Crippen LogP contribution >= 0.6 is 11.3 Å². The van der Waals surface area contributed by atoms with Crippen molar-refractivity contribution in [1.29, 1.82) is 0 Å². The van der Waals surface area contributed by atoms with Gasteiger partial charge in [-0.25, -0.2) is 4.39 Å². The van der Waals surface area contributed by atoms with Gasteiger partial charge in [0.2, 0.25) is 0 Å². The number of likely N-dealkylation sites (tertiary alicyclic amines) is 1. The van der Waals surface area contributed by atoms with Crippen molar-refractivity contribution in [3.05, 3.63) is 58.0 Å². The summed E-state index contributed by atoms with van der Waals surface area (Å²) in [6, 6.07) is 7.79. The van der Waals surface area contributed by atoms with E-state index in [0.717, 1.165) is 30.5 Å². The van der Waals surface area contributed by atoms with Crippen molar-refractivity contribution in [3.63, 3.8) is 0 Å². The van der Waals surface area contributed by atoms with E-state index in [1.165, 1.54) is 12.1 Å². The van der Waals surface area contributed by atoms with Crippen LogP contribution in [-0.4, -0.2) is 28.6 Å². The Morgan fingerprint density at radius 1 is 1.23 bits per heavy atom. The smallest absolute Gasteiger partial charge is 0.320 e. The van der Waals surface area contributed by atoms with Gasteiger partial charge in [0.15, 0.2) is 0 Å². The second-order valence-electron chi connectivity index (χ2n) is 5.60. The fourth-order valence-electron chi connectivity index (χ4n) is 3.18. The van der Waals surface area contributed by atoms with Crippen molar-refractivity contribution in [2.45, 2.75) is 31.3 Å². The number of carboxylic acids is 1. The summed E-state index contributed by atoms with van der Waals surface area (Å²) in [6.07, 6.45) is 2.59. The van der Waals surface area contributed by atoms with Crippen molar-refractivity contribution in [2.24, 2.45) is 0 Å². The summed E-state index contributed by atoms with van der Waals surface area (Å²) in [4.78, 5) is 13.7. The highest BCUT2D eigenvalue weighted by Gasteiger charge is 2.35. The highest BCUT2D eigenvalue weighted by atomic mass is 32.1. The van der Waals surface area contributed by atoms with E-state index in [1.807, 2.05) is 21.7 Å². The molecule has 1 aliphatic heterocycles. The van der Waals surface area contributed by atoms with Crippen LogP contribution in [-0.2, 0) is 4.79 Å². The minimum Gasteiger partial charge on any atom is -0.480 e. The van der Waals surface area contributed by atoms with Crippen LogP contribution in [0.5, 0.6) is 0 Å². The first-order valence-electron chi connectivity index (χ1n) is 7.43. The zero-order valence-electron chi connectivity index (χ0n) is 12.1. The van der Waals surface area contributed by atoms with Crippen LogP contribution in [0.2, 0.25) is 0 Å². The number of thiophene rings is 1. The van der Waals surface area contributed by atoms with Gasteiger partial charge in [0.1, 0.15) is 11.9 Å². The van der Waals surface area contributed by atoms with Gasteiger partial charge in [0.25, 0.3) is 0 Å². The molecular formula is C17H18FNO2S. The van der Waals surface area contributed by atoms with E-state index >= 15 is 0 Å². The molecule has 1 aromatic heterocycles. The number of piperidine rings is 1. The molecule has 0 radical (unpaired) electrons. The van der Waals surface area contributed by atoms with E-state index in [9.17, 15) is 14.3 Å². The number of benzene rings is 1. The number of carboxylic acid groups (broad SMARTS) is 1. The summed E-state index contributed by atoms with van der Waals surface area (Å²) >= 11 is 1.59. The quantitative estimate of drug-likeness (QED) is 0.928. The molecule has 0 bridgehead atoms. The molecule has 2 heterocycles. The Kier molecular flexibility index (Phi) is 4.55. The van der Waals surface area contributed by atoms with Crippen molar-refractivity contribution in [1.82, 2.24) is 4.90 Å². The first-order valence-corrected chi connectivity index (χ1v) is 8.37. The molecule has 0 saturated carbocycles. The van der Waals surface area contributed by atoms with E-state index in [4.69, 9.17) is 0 Å². The topological polar surface area (TPSA) is 40.5 Å². The molecule has 1 saturated heterocycles. The Morgan fingerprint density at radius 3 is 2.64 bits per heavy atom. The lowest BCUT2D eigenvalue weighted by Gasteiger charge is -2.39. The third kappa shape index (κ3) is 3.05. The maximum atomic E-state index is 13.2. The van der Waals surface area contributed by atoms with E-state index in [0.29, 0.717) is 6.42 Å². The first-order chi connectivity index (χ1) is 10.7. The predicted octanol–water partition coefficient (Wildman–Crippen LogP) is 3.92. The molecule has 1 aliphatic rings. The molecule has 0 aliphatic carbocycles. The number of hydrogen-bond acceptors (Lipinski definition) is 3. The van der Waals surface area contributed by atoms with E-state index < -0.39 is 12.0 Å². The molecule has 5 heteroatoms. The Hall–Kier alpha value is -1.72. The maximum Gasteiger partial charge on any atom is 0.320 e. The van der Waals surface area contributed by atoms with Crippen LogP contribution in [0.4, 0.5) is 4.39 Å². The minimum absolute atomic E-state index is 0.131. The molecule has 3 nitrogen and oxygen atoms in total. The molecule has 22 heavy (non-hydrogen) atoms. The highest BCUT2D eigenvalue weighted by molar-refractivity contribution is 7.08. The number of hydrogen-bond donors (Lipinski definition) is 1. The second kappa shape index (κ2) is 6.58. The number of halogens is 1. The normalized spacial score (nSPS) is 20.7. The van der Waals surface area contributed by atoms with Crippen LogP contribution in [0.1, 0.15) is 36.4 Å². The SMILES string of the molecule is O=C(O)C1CCCCN1C(c1ccc(F)cc1)c1ccsc1. The van der Waals surface area contributed by atoms with E-state index in [2.05, 4.69) is 0 Å². The van der Waals surface area contributed by atoms with Crippen molar-refractivity contribution >= 4 is 17.3 Å². The highest BCUT2D eigenvalue weighted by Crippen LogP contribution is 2.35. The molecule has 3 rings (SSSR count). The summed E-state index contributed by atoms with van der Waals surface area (Å²) < 4.78 is 13.2. The standard InChI is InChI=1S/C17H18FNO2S/c18-14-6-4-12(5-7-14)16(13-8-10-22-11-13)19-9-2-1-3-15(19)17(20)21/h4-8,10-11,15-16H,1-3,9H2,(H,20,21). The maximum absolute atomic E-state index is 13.2. The summed E-state index contributed by atoms with van der Waals surface area (Å²) in [7, 11) is 0. The third-order valence-corrected chi connectivity index (χ3v) is 4.91. The first kappa shape index (κ1) is 15.2. The monoisotopic (exact) mass is 319 g/mol. The van der Waals surface area contributed by atoms with E-state index in [-0.39, 0.29) is 11.9 Å². The second-order valence-corrected chi connectivity index (χ2v) is 6.38. The fraction of sp³-hybridized carbons (Fsp3) is 0.353. The largest absolute Gasteiger partial charge is 0.480 e. The lowest BCUT2D eigenvalue weighted by Crippen LogP contribution is -2.46. The van der Waals surface area contributed by atoms with Gasteiger partial charge < -0.3 is 5.11 Å². The van der Waals surface area contributed by atoms with Crippen LogP contribution < -0.4 is 0 Å². The Balaban J connectivity index is 2.01. The molecule has 0 spiro atoms. The predicted molar refractivity (Wildman–Crippen MR) is 84.5 cm³/mol. The van der Waals surface area contributed by atoms with E-state index in [1.54, 1.807) is 23.5 Å². The third-order valence-electron chi connectivity index (χ3n) is 4.21. The molecule has 1 fully saturated rings. The van der Waals surface area contributed by atoms with Gasteiger partial charge in [-0.15, -0.1) is 0 Å². The molecule has 2 atom stereocenters. The van der Waals surface area contributed by atoms with Gasteiger partial charge in [0.05, 0.1) is 6.04 Å². The van der Waals surface area contributed by atoms with Gasteiger partial charge in [0, 0.05) is 0 Å². The molecule has 0 amide bonds. The summed E-state index contributed by atoms with van der Waals surface area (Å²) in [5.74, 6) is -1.05. The fourth-order valence-corrected chi connectivity index (χ4v) is 3.86. The minimum atomic E-state index is -0.776. The molecule has 2 aromatic rings. The number of nitrogens with zero attached hydrogens (tertiary/aromatic N) is 1. The summed E-state index contributed by atoms with van der Waals surface area (Å²) in [5, 5.41) is 13.6. The zero-order valence-corrected chi connectivity index (χ0v) is 12.9. The van der Waals surface area contributed by atoms with Crippen molar-refractivity contribution in [2.75, 3.05) is 6.54 Å². The van der Waals surface area contributed by atoms with Crippen LogP contribution in [0.3, 0.4) is 0 Å². The average Bonchev–Trinajstić information content (AvgIpc) is 3.04. The Bertz CT molecular complexity index is 627. The van der Waals surface area contributed by atoms with Gasteiger partial charge >= 0.3 is 5.97 Å². The van der Waals surface area contributed by atoms with Gasteiger partial charge in [-0.05, 0) is 59.5 Å². The van der Waals surface area contributed by atoms with Gasteiger partial charge in [-0.1, -0.05) is 18.6 Å².